The summed E-state index contributed by atoms with van der Waals surface area (Å²) in [7, 11) is 1.63. The molecule has 1 aliphatic rings. The minimum Gasteiger partial charge on any atom is -0.497 e. The van der Waals surface area contributed by atoms with Crippen LogP contribution in [0.1, 0.15) is 32.7 Å². The Labute approximate surface area is 143 Å². The van der Waals surface area contributed by atoms with Crippen LogP contribution in [0.25, 0.3) is 10.2 Å². The van der Waals surface area contributed by atoms with Crippen molar-refractivity contribution in [2.24, 2.45) is 0 Å². The molecule has 1 amide bonds. The van der Waals surface area contributed by atoms with Crippen molar-refractivity contribution in [3.8, 4) is 5.75 Å². The lowest BCUT2D eigenvalue weighted by Crippen LogP contribution is -2.37. The molecule has 122 valence electrons. The van der Waals surface area contributed by atoms with Gasteiger partial charge in [-0.3, -0.25) is 4.79 Å². The molecule has 6 heteroatoms. The Hall–Kier alpha value is -2.60. The Bertz CT molecular complexity index is 964. The number of pyridine rings is 1. The molecule has 2 aromatic heterocycles. The zero-order valence-corrected chi connectivity index (χ0v) is 14.5. The minimum atomic E-state index is -0.293. The van der Waals surface area contributed by atoms with Crippen molar-refractivity contribution in [3.63, 3.8) is 0 Å². The van der Waals surface area contributed by atoms with E-state index >= 15 is 0 Å². The summed E-state index contributed by atoms with van der Waals surface area (Å²) >= 11 is 1.43. The van der Waals surface area contributed by atoms with Gasteiger partial charge in [0.15, 0.2) is 0 Å². The summed E-state index contributed by atoms with van der Waals surface area (Å²) in [5.41, 5.74) is 3.91. The third-order valence-electron chi connectivity index (χ3n) is 4.18. The SMILES string of the molecule is COc1cccc(C2NC(=O)c3sc4nc(C)cc(C)c4c3N2)c1. The summed E-state index contributed by atoms with van der Waals surface area (Å²) in [5.74, 6) is 0.689. The molecule has 0 saturated heterocycles. The van der Waals surface area contributed by atoms with Crippen LogP contribution < -0.4 is 15.4 Å². The van der Waals surface area contributed by atoms with Gasteiger partial charge < -0.3 is 15.4 Å². The summed E-state index contributed by atoms with van der Waals surface area (Å²) < 4.78 is 5.28. The van der Waals surface area contributed by atoms with Gasteiger partial charge in [-0.25, -0.2) is 4.98 Å². The number of benzene rings is 1. The first kappa shape index (κ1) is 15.0. The van der Waals surface area contributed by atoms with Gasteiger partial charge in [0.25, 0.3) is 5.91 Å². The van der Waals surface area contributed by atoms with Crippen LogP contribution in [-0.2, 0) is 0 Å². The number of amides is 1. The van der Waals surface area contributed by atoms with Crippen LogP contribution in [0, 0.1) is 13.8 Å². The number of anilines is 1. The first-order chi connectivity index (χ1) is 11.6. The maximum atomic E-state index is 12.6. The maximum Gasteiger partial charge on any atom is 0.265 e. The molecule has 4 rings (SSSR count). The highest BCUT2D eigenvalue weighted by atomic mass is 32.1. The largest absolute Gasteiger partial charge is 0.497 e. The fraction of sp³-hybridized carbons (Fsp3) is 0.222. The Balaban J connectivity index is 1.83. The standard InChI is InChI=1S/C18H17N3O2S/c1-9-7-10(2)19-18-13(9)14-15(24-18)17(22)21-16(20-14)11-5-4-6-12(8-11)23-3/h4-8,16,20H,1-3H3,(H,21,22). The fourth-order valence-electron chi connectivity index (χ4n) is 3.10. The van der Waals surface area contributed by atoms with Gasteiger partial charge in [0.1, 0.15) is 21.6 Å². The number of carbonyl (C=O) groups is 1. The topological polar surface area (TPSA) is 63.2 Å². The molecule has 0 spiro atoms. The van der Waals surface area contributed by atoms with Gasteiger partial charge in [-0.05, 0) is 43.2 Å². The van der Waals surface area contributed by atoms with Crippen LogP contribution in [0.2, 0.25) is 0 Å². The molecular weight excluding hydrogens is 322 g/mol. The smallest absolute Gasteiger partial charge is 0.265 e. The molecule has 0 saturated carbocycles. The number of nitrogens with one attached hydrogen (secondary N) is 2. The van der Waals surface area contributed by atoms with E-state index in [4.69, 9.17) is 4.74 Å². The molecule has 5 nitrogen and oxygen atoms in total. The molecule has 1 atom stereocenters. The maximum absolute atomic E-state index is 12.6. The van der Waals surface area contributed by atoms with E-state index in [9.17, 15) is 4.79 Å². The number of thiophene rings is 1. The second-order valence-electron chi connectivity index (χ2n) is 5.89. The van der Waals surface area contributed by atoms with Crippen LogP contribution >= 0.6 is 11.3 Å². The first-order valence-corrected chi connectivity index (χ1v) is 8.50. The average molecular weight is 339 g/mol. The van der Waals surface area contributed by atoms with Crippen LogP contribution in [0.4, 0.5) is 5.69 Å². The van der Waals surface area contributed by atoms with E-state index in [2.05, 4.69) is 22.5 Å². The van der Waals surface area contributed by atoms with E-state index in [1.54, 1.807) is 7.11 Å². The van der Waals surface area contributed by atoms with Gasteiger partial charge in [-0.15, -0.1) is 11.3 Å². The van der Waals surface area contributed by atoms with Crippen LogP contribution in [-0.4, -0.2) is 18.0 Å². The number of aryl methyl sites for hydroxylation is 2. The number of hydrogen-bond acceptors (Lipinski definition) is 5. The van der Waals surface area contributed by atoms with Gasteiger partial charge in [-0.1, -0.05) is 12.1 Å². The monoisotopic (exact) mass is 339 g/mol. The lowest BCUT2D eigenvalue weighted by Gasteiger charge is -2.26. The third-order valence-corrected chi connectivity index (χ3v) is 5.27. The lowest BCUT2D eigenvalue weighted by molar-refractivity contribution is 0.0940. The third kappa shape index (κ3) is 2.30. The summed E-state index contributed by atoms with van der Waals surface area (Å²) in [6.45, 7) is 4.02. The van der Waals surface area contributed by atoms with E-state index in [0.29, 0.717) is 4.88 Å². The summed E-state index contributed by atoms with van der Waals surface area (Å²) in [6.07, 6.45) is -0.293. The highest BCUT2D eigenvalue weighted by Gasteiger charge is 2.29. The van der Waals surface area contributed by atoms with Crippen molar-refractivity contribution in [1.29, 1.82) is 0 Å². The van der Waals surface area contributed by atoms with Crippen molar-refractivity contribution in [2.75, 3.05) is 12.4 Å². The van der Waals surface area contributed by atoms with Gasteiger partial charge >= 0.3 is 0 Å². The number of ether oxygens (including phenoxy) is 1. The van der Waals surface area contributed by atoms with Crippen LogP contribution in [0.3, 0.4) is 0 Å². The van der Waals surface area contributed by atoms with Crippen molar-refractivity contribution >= 4 is 33.1 Å². The second kappa shape index (κ2) is 5.49. The quantitative estimate of drug-likeness (QED) is 0.746. The molecule has 24 heavy (non-hydrogen) atoms. The van der Waals surface area contributed by atoms with E-state index in [1.165, 1.54) is 11.3 Å². The van der Waals surface area contributed by atoms with E-state index in [1.807, 2.05) is 37.3 Å². The molecule has 1 aromatic carbocycles. The molecule has 3 aromatic rings. The van der Waals surface area contributed by atoms with Gasteiger partial charge in [0.2, 0.25) is 0 Å². The van der Waals surface area contributed by atoms with Crippen LogP contribution in [0.15, 0.2) is 30.3 Å². The summed E-state index contributed by atoms with van der Waals surface area (Å²) in [4.78, 5) is 18.7. The van der Waals surface area contributed by atoms with Gasteiger partial charge in [0, 0.05) is 11.1 Å². The number of carbonyl (C=O) groups excluding carboxylic acids is 1. The summed E-state index contributed by atoms with van der Waals surface area (Å²) in [6, 6.07) is 9.74. The number of fused-ring (bicyclic) bond motifs is 3. The normalized spacial score (nSPS) is 16.5. The number of methoxy groups -OCH3 is 1. The summed E-state index contributed by atoms with van der Waals surface area (Å²) in [5, 5.41) is 7.50. The Kier molecular flexibility index (Phi) is 3.42. The van der Waals surface area contributed by atoms with Crippen molar-refractivity contribution in [2.45, 2.75) is 20.0 Å². The molecule has 0 bridgehead atoms. The molecule has 3 heterocycles. The van der Waals surface area contributed by atoms with Crippen molar-refractivity contribution in [1.82, 2.24) is 10.3 Å². The van der Waals surface area contributed by atoms with E-state index < -0.39 is 0 Å². The van der Waals surface area contributed by atoms with Gasteiger partial charge in [-0.2, -0.15) is 0 Å². The number of nitrogens with zero attached hydrogens (tertiary/aromatic N) is 1. The number of hydrogen-bond donors (Lipinski definition) is 2. The predicted molar refractivity (Wildman–Crippen MR) is 95.9 cm³/mol. The van der Waals surface area contributed by atoms with E-state index in [-0.39, 0.29) is 12.1 Å². The molecule has 2 N–H and O–H groups in total. The Morgan fingerprint density at radius 1 is 1.21 bits per heavy atom. The predicted octanol–water partition coefficient (Wildman–Crippen LogP) is 3.78. The van der Waals surface area contributed by atoms with Crippen LogP contribution in [0.5, 0.6) is 5.75 Å². The zero-order valence-electron chi connectivity index (χ0n) is 13.6. The second-order valence-corrected chi connectivity index (χ2v) is 6.89. The number of rotatable bonds is 2. The highest BCUT2D eigenvalue weighted by Crippen LogP contribution is 2.41. The molecule has 0 fully saturated rings. The average Bonchev–Trinajstić information content (AvgIpc) is 2.94. The van der Waals surface area contributed by atoms with Crippen molar-refractivity contribution in [3.05, 3.63) is 52.0 Å². The molecule has 1 unspecified atom stereocenters. The fourth-order valence-corrected chi connectivity index (χ4v) is 4.27. The zero-order chi connectivity index (χ0) is 16.8. The molecule has 0 aliphatic carbocycles. The Morgan fingerprint density at radius 3 is 2.83 bits per heavy atom. The molecule has 1 aliphatic heterocycles. The first-order valence-electron chi connectivity index (χ1n) is 7.69. The van der Waals surface area contributed by atoms with Gasteiger partial charge in [0.05, 0.1) is 12.8 Å². The Morgan fingerprint density at radius 2 is 2.04 bits per heavy atom. The minimum absolute atomic E-state index is 0.0726. The molecular formula is C18H17N3O2S. The number of aromatic nitrogens is 1. The lowest BCUT2D eigenvalue weighted by atomic mass is 10.1. The van der Waals surface area contributed by atoms with Crippen molar-refractivity contribution < 1.29 is 9.53 Å². The highest BCUT2D eigenvalue weighted by molar-refractivity contribution is 7.21. The van der Waals surface area contributed by atoms with E-state index in [0.717, 1.165) is 38.5 Å². The molecule has 0 radical (unpaired) electrons.